The number of hydrogen-bond donors (Lipinski definition) is 1. The van der Waals surface area contributed by atoms with Gasteiger partial charge in [-0.1, -0.05) is 19.1 Å². The third-order valence-corrected chi connectivity index (χ3v) is 4.84. The molecule has 0 saturated carbocycles. The Morgan fingerprint density at radius 1 is 1.28 bits per heavy atom. The lowest BCUT2D eigenvalue weighted by atomic mass is 10.00. The first-order chi connectivity index (χ1) is 12.0. The van der Waals surface area contributed by atoms with Gasteiger partial charge in [-0.15, -0.1) is 0 Å². The normalized spacial score (nSPS) is 18.5. The van der Waals surface area contributed by atoms with Crippen molar-refractivity contribution in [1.82, 2.24) is 10.2 Å². The molecule has 0 aliphatic carbocycles. The van der Waals surface area contributed by atoms with Gasteiger partial charge in [-0.25, -0.2) is 0 Å². The fraction of sp³-hybridized carbons (Fsp3) is 0.600. The van der Waals surface area contributed by atoms with E-state index >= 15 is 0 Å². The quantitative estimate of drug-likeness (QED) is 0.826. The molecule has 0 bridgehead atoms. The lowest BCUT2D eigenvalue weighted by Crippen LogP contribution is -2.53. The van der Waals surface area contributed by atoms with Gasteiger partial charge in [0.05, 0.1) is 7.11 Å². The Labute approximate surface area is 150 Å². The molecular weight excluding hydrogens is 316 g/mol. The number of rotatable bonds is 7. The van der Waals surface area contributed by atoms with Crippen molar-refractivity contribution in [2.45, 2.75) is 64.5 Å². The van der Waals surface area contributed by atoms with Crippen molar-refractivity contribution in [3.63, 3.8) is 0 Å². The molecule has 1 aromatic carbocycles. The van der Waals surface area contributed by atoms with E-state index in [0.717, 1.165) is 37.9 Å². The molecule has 1 fully saturated rings. The summed E-state index contributed by atoms with van der Waals surface area (Å²) in [6.45, 7) is 4.57. The van der Waals surface area contributed by atoms with Crippen molar-refractivity contribution in [3.8, 4) is 5.75 Å². The summed E-state index contributed by atoms with van der Waals surface area (Å²) >= 11 is 0. The number of amides is 2. The maximum absolute atomic E-state index is 12.6. The first-order valence-corrected chi connectivity index (χ1v) is 9.28. The standard InChI is InChI=1S/C20H30N2O3/c1-4-19(23)22-14-6-5-7-18(22)20(24)21-15(2)8-9-16-10-12-17(25-3)13-11-16/h10-13,15,18H,4-9,14H2,1-3H3,(H,21,24)/t15-,18-/m0/s1. The van der Waals surface area contributed by atoms with Crippen LogP contribution in [0, 0.1) is 0 Å². The van der Waals surface area contributed by atoms with Gasteiger partial charge in [0, 0.05) is 19.0 Å². The molecule has 5 nitrogen and oxygen atoms in total. The number of methoxy groups -OCH3 is 1. The van der Waals surface area contributed by atoms with Gasteiger partial charge in [0.25, 0.3) is 0 Å². The number of ether oxygens (including phenoxy) is 1. The first-order valence-electron chi connectivity index (χ1n) is 9.28. The highest BCUT2D eigenvalue weighted by Gasteiger charge is 2.31. The highest BCUT2D eigenvalue weighted by molar-refractivity contribution is 5.87. The minimum atomic E-state index is -0.301. The Balaban J connectivity index is 1.84. The Kier molecular flexibility index (Phi) is 7.29. The summed E-state index contributed by atoms with van der Waals surface area (Å²) in [7, 11) is 1.66. The second kappa shape index (κ2) is 9.44. The molecular formula is C20H30N2O3. The van der Waals surface area contributed by atoms with Gasteiger partial charge in [-0.3, -0.25) is 9.59 Å². The van der Waals surface area contributed by atoms with E-state index in [4.69, 9.17) is 4.74 Å². The molecule has 1 heterocycles. The van der Waals surface area contributed by atoms with Crippen molar-refractivity contribution in [2.24, 2.45) is 0 Å². The molecule has 2 amide bonds. The van der Waals surface area contributed by atoms with Crippen LogP contribution in [0.4, 0.5) is 0 Å². The summed E-state index contributed by atoms with van der Waals surface area (Å²) in [6.07, 6.45) is 4.98. The fourth-order valence-corrected chi connectivity index (χ4v) is 3.29. The van der Waals surface area contributed by atoms with E-state index in [0.29, 0.717) is 13.0 Å². The Morgan fingerprint density at radius 3 is 2.64 bits per heavy atom. The van der Waals surface area contributed by atoms with E-state index in [9.17, 15) is 9.59 Å². The molecule has 0 unspecified atom stereocenters. The Morgan fingerprint density at radius 2 is 2.00 bits per heavy atom. The average molecular weight is 346 g/mol. The molecule has 5 heteroatoms. The monoisotopic (exact) mass is 346 g/mol. The maximum Gasteiger partial charge on any atom is 0.243 e. The molecule has 0 radical (unpaired) electrons. The molecule has 1 N–H and O–H groups in total. The summed E-state index contributed by atoms with van der Waals surface area (Å²) < 4.78 is 5.16. The van der Waals surface area contributed by atoms with Crippen LogP contribution in [0.15, 0.2) is 24.3 Å². The maximum atomic E-state index is 12.6. The summed E-state index contributed by atoms with van der Waals surface area (Å²) in [4.78, 5) is 26.4. The number of piperidine rings is 1. The number of hydrogen-bond acceptors (Lipinski definition) is 3. The number of likely N-dealkylation sites (tertiary alicyclic amines) is 1. The zero-order valence-corrected chi connectivity index (χ0v) is 15.6. The first kappa shape index (κ1) is 19.3. The van der Waals surface area contributed by atoms with Crippen molar-refractivity contribution in [2.75, 3.05) is 13.7 Å². The van der Waals surface area contributed by atoms with Gasteiger partial charge >= 0.3 is 0 Å². The second-order valence-corrected chi connectivity index (χ2v) is 6.75. The summed E-state index contributed by atoms with van der Waals surface area (Å²) in [5.74, 6) is 0.914. The predicted octanol–water partition coefficient (Wildman–Crippen LogP) is 2.92. The van der Waals surface area contributed by atoms with E-state index in [1.807, 2.05) is 26.0 Å². The molecule has 1 aliphatic rings. The minimum Gasteiger partial charge on any atom is -0.497 e. The van der Waals surface area contributed by atoms with Crippen LogP contribution in [-0.4, -0.2) is 42.5 Å². The zero-order valence-electron chi connectivity index (χ0n) is 15.6. The molecule has 25 heavy (non-hydrogen) atoms. The lowest BCUT2D eigenvalue weighted by molar-refractivity contribution is -0.142. The van der Waals surface area contributed by atoms with Crippen molar-refractivity contribution in [3.05, 3.63) is 29.8 Å². The highest BCUT2D eigenvalue weighted by atomic mass is 16.5. The van der Waals surface area contributed by atoms with Crippen LogP contribution in [0.25, 0.3) is 0 Å². The minimum absolute atomic E-state index is 0.0104. The highest BCUT2D eigenvalue weighted by Crippen LogP contribution is 2.19. The van der Waals surface area contributed by atoms with Crippen LogP contribution in [0.3, 0.4) is 0 Å². The van der Waals surface area contributed by atoms with Gasteiger partial charge in [-0.05, 0) is 56.7 Å². The summed E-state index contributed by atoms with van der Waals surface area (Å²) in [5, 5.41) is 3.09. The van der Waals surface area contributed by atoms with Crippen molar-refractivity contribution in [1.29, 1.82) is 0 Å². The molecule has 2 atom stereocenters. The van der Waals surface area contributed by atoms with Gasteiger partial charge in [0.15, 0.2) is 0 Å². The predicted molar refractivity (Wildman–Crippen MR) is 98.6 cm³/mol. The molecule has 2 rings (SSSR count). The van der Waals surface area contributed by atoms with E-state index in [1.54, 1.807) is 12.0 Å². The average Bonchev–Trinajstić information content (AvgIpc) is 2.66. The summed E-state index contributed by atoms with van der Waals surface area (Å²) in [5.41, 5.74) is 1.22. The van der Waals surface area contributed by atoms with E-state index in [2.05, 4.69) is 17.4 Å². The van der Waals surface area contributed by atoms with Gasteiger partial charge < -0.3 is 15.0 Å². The van der Waals surface area contributed by atoms with E-state index in [1.165, 1.54) is 5.56 Å². The summed E-state index contributed by atoms with van der Waals surface area (Å²) in [6, 6.07) is 7.79. The smallest absolute Gasteiger partial charge is 0.243 e. The van der Waals surface area contributed by atoms with Crippen molar-refractivity contribution >= 4 is 11.8 Å². The second-order valence-electron chi connectivity index (χ2n) is 6.75. The van der Waals surface area contributed by atoms with Crippen LogP contribution < -0.4 is 10.1 Å². The Hall–Kier alpha value is -2.04. The third kappa shape index (κ3) is 5.48. The third-order valence-electron chi connectivity index (χ3n) is 4.84. The van der Waals surface area contributed by atoms with E-state index < -0.39 is 0 Å². The molecule has 0 spiro atoms. The largest absolute Gasteiger partial charge is 0.497 e. The van der Waals surface area contributed by atoms with Crippen LogP contribution in [0.2, 0.25) is 0 Å². The number of nitrogens with zero attached hydrogens (tertiary/aromatic N) is 1. The topological polar surface area (TPSA) is 58.6 Å². The SMILES string of the molecule is CCC(=O)N1CCCC[C@H]1C(=O)N[C@@H](C)CCc1ccc(OC)cc1. The Bertz CT molecular complexity index is 571. The number of carbonyl (C=O) groups is 2. The number of carbonyl (C=O) groups excluding carboxylic acids is 2. The fourth-order valence-electron chi connectivity index (χ4n) is 3.29. The molecule has 1 saturated heterocycles. The van der Waals surface area contributed by atoms with E-state index in [-0.39, 0.29) is 23.9 Å². The van der Waals surface area contributed by atoms with Crippen LogP contribution in [0.1, 0.15) is 51.5 Å². The number of benzene rings is 1. The molecule has 1 aliphatic heterocycles. The van der Waals surface area contributed by atoms with Gasteiger partial charge in [0.2, 0.25) is 11.8 Å². The molecule has 0 aromatic heterocycles. The zero-order chi connectivity index (χ0) is 18.2. The number of aryl methyl sites for hydroxylation is 1. The molecule has 138 valence electrons. The van der Waals surface area contributed by atoms with Crippen LogP contribution in [-0.2, 0) is 16.0 Å². The van der Waals surface area contributed by atoms with Crippen LogP contribution >= 0.6 is 0 Å². The lowest BCUT2D eigenvalue weighted by Gasteiger charge is -2.35. The van der Waals surface area contributed by atoms with Gasteiger partial charge in [0.1, 0.15) is 11.8 Å². The van der Waals surface area contributed by atoms with Gasteiger partial charge in [-0.2, -0.15) is 0 Å². The molecule has 1 aromatic rings. The number of nitrogens with one attached hydrogen (secondary N) is 1. The van der Waals surface area contributed by atoms with Crippen LogP contribution in [0.5, 0.6) is 5.75 Å². The van der Waals surface area contributed by atoms with Crippen molar-refractivity contribution < 1.29 is 14.3 Å².